The number of likely N-dealkylation sites (tertiary alicyclic amines) is 1. The van der Waals surface area contributed by atoms with E-state index in [1.807, 2.05) is 11.8 Å². The zero-order valence-electron chi connectivity index (χ0n) is 10.6. The lowest BCUT2D eigenvalue weighted by Gasteiger charge is -2.34. The van der Waals surface area contributed by atoms with Crippen molar-refractivity contribution in [1.29, 1.82) is 0 Å². The highest BCUT2D eigenvalue weighted by Crippen LogP contribution is 2.20. The van der Waals surface area contributed by atoms with E-state index in [4.69, 9.17) is 0 Å². The Balaban J connectivity index is 2.24. The standard InChI is InChI=1S/C12H26N2S/c1-10(9-15-4)13-11(2)12-5-7-14(3)8-6-12/h10-13H,5-9H2,1-4H3. The van der Waals surface area contributed by atoms with Gasteiger partial charge in [-0.25, -0.2) is 0 Å². The van der Waals surface area contributed by atoms with Gasteiger partial charge in [-0.05, 0) is 59.0 Å². The maximum atomic E-state index is 3.73. The summed E-state index contributed by atoms with van der Waals surface area (Å²) < 4.78 is 0. The summed E-state index contributed by atoms with van der Waals surface area (Å²) in [5, 5.41) is 3.73. The minimum Gasteiger partial charge on any atom is -0.311 e. The molecule has 2 unspecified atom stereocenters. The van der Waals surface area contributed by atoms with Gasteiger partial charge >= 0.3 is 0 Å². The Labute approximate surface area is 99.2 Å². The van der Waals surface area contributed by atoms with Crippen LogP contribution in [0.15, 0.2) is 0 Å². The van der Waals surface area contributed by atoms with Crippen molar-refractivity contribution >= 4 is 11.8 Å². The second kappa shape index (κ2) is 6.77. The van der Waals surface area contributed by atoms with Gasteiger partial charge < -0.3 is 10.2 Å². The highest BCUT2D eigenvalue weighted by molar-refractivity contribution is 7.98. The summed E-state index contributed by atoms with van der Waals surface area (Å²) in [6.07, 6.45) is 4.89. The van der Waals surface area contributed by atoms with Gasteiger partial charge in [-0.3, -0.25) is 0 Å². The van der Waals surface area contributed by atoms with Crippen LogP contribution >= 0.6 is 11.8 Å². The molecule has 1 fully saturated rings. The summed E-state index contributed by atoms with van der Waals surface area (Å²) in [6, 6.07) is 1.33. The van der Waals surface area contributed by atoms with Crippen LogP contribution in [0, 0.1) is 5.92 Å². The Hall–Kier alpha value is 0.270. The molecule has 1 aliphatic rings. The van der Waals surface area contributed by atoms with Crippen LogP contribution < -0.4 is 5.32 Å². The molecule has 1 rings (SSSR count). The zero-order chi connectivity index (χ0) is 11.3. The molecule has 1 aliphatic heterocycles. The lowest BCUT2D eigenvalue weighted by atomic mass is 9.90. The fourth-order valence-electron chi connectivity index (χ4n) is 2.41. The fraction of sp³-hybridized carbons (Fsp3) is 1.00. The van der Waals surface area contributed by atoms with Gasteiger partial charge in [-0.2, -0.15) is 11.8 Å². The van der Waals surface area contributed by atoms with E-state index in [9.17, 15) is 0 Å². The van der Waals surface area contributed by atoms with E-state index < -0.39 is 0 Å². The van der Waals surface area contributed by atoms with Gasteiger partial charge in [0.05, 0.1) is 0 Å². The van der Waals surface area contributed by atoms with E-state index in [1.165, 1.54) is 31.7 Å². The Bertz CT molecular complexity index is 167. The molecular weight excluding hydrogens is 204 g/mol. The molecule has 0 aromatic carbocycles. The summed E-state index contributed by atoms with van der Waals surface area (Å²) in [7, 11) is 2.23. The van der Waals surface area contributed by atoms with Crippen LogP contribution in [0.3, 0.4) is 0 Å². The van der Waals surface area contributed by atoms with E-state index >= 15 is 0 Å². The normalized spacial score (nSPS) is 24.0. The minimum absolute atomic E-state index is 0.648. The average molecular weight is 230 g/mol. The largest absolute Gasteiger partial charge is 0.311 e. The number of piperidine rings is 1. The Morgan fingerprint density at radius 1 is 1.33 bits per heavy atom. The highest BCUT2D eigenvalue weighted by atomic mass is 32.2. The van der Waals surface area contributed by atoms with Crippen molar-refractivity contribution in [3.05, 3.63) is 0 Å². The molecule has 90 valence electrons. The van der Waals surface area contributed by atoms with Crippen LogP contribution in [0.1, 0.15) is 26.7 Å². The number of hydrogen-bond acceptors (Lipinski definition) is 3. The number of nitrogens with one attached hydrogen (secondary N) is 1. The first-order valence-electron chi connectivity index (χ1n) is 6.07. The van der Waals surface area contributed by atoms with Crippen LogP contribution in [0.4, 0.5) is 0 Å². The fourth-order valence-corrected chi connectivity index (χ4v) is 3.01. The first-order chi connectivity index (χ1) is 7.13. The molecule has 2 nitrogen and oxygen atoms in total. The summed E-state index contributed by atoms with van der Waals surface area (Å²) in [6.45, 7) is 7.19. The second-order valence-electron chi connectivity index (χ2n) is 4.95. The van der Waals surface area contributed by atoms with Crippen molar-refractivity contribution in [1.82, 2.24) is 10.2 Å². The number of hydrogen-bond donors (Lipinski definition) is 1. The van der Waals surface area contributed by atoms with Gasteiger partial charge in [0.25, 0.3) is 0 Å². The summed E-state index contributed by atoms with van der Waals surface area (Å²) in [5.41, 5.74) is 0. The monoisotopic (exact) mass is 230 g/mol. The second-order valence-corrected chi connectivity index (χ2v) is 5.86. The Morgan fingerprint density at radius 2 is 1.93 bits per heavy atom. The van der Waals surface area contributed by atoms with Crippen molar-refractivity contribution in [2.75, 3.05) is 32.1 Å². The molecule has 0 amide bonds. The Morgan fingerprint density at radius 3 is 2.47 bits per heavy atom. The molecule has 0 radical (unpaired) electrons. The van der Waals surface area contributed by atoms with Gasteiger partial charge in [0.15, 0.2) is 0 Å². The first kappa shape index (κ1) is 13.3. The maximum Gasteiger partial charge on any atom is 0.0132 e. The van der Waals surface area contributed by atoms with Crippen LogP contribution in [-0.2, 0) is 0 Å². The molecule has 0 aromatic heterocycles. The quantitative estimate of drug-likeness (QED) is 0.778. The first-order valence-corrected chi connectivity index (χ1v) is 7.46. The third-order valence-electron chi connectivity index (χ3n) is 3.43. The van der Waals surface area contributed by atoms with Crippen molar-refractivity contribution in [3.8, 4) is 0 Å². The van der Waals surface area contributed by atoms with E-state index in [1.54, 1.807) is 0 Å². The molecule has 1 N–H and O–H groups in total. The topological polar surface area (TPSA) is 15.3 Å². The molecular formula is C12H26N2S. The van der Waals surface area contributed by atoms with Crippen LogP contribution in [0.5, 0.6) is 0 Å². The van der Waals surface area contributed by atoms with E-state index in [-0.39, 0.29) is 0 Å². The summed E-state index contributed by atoms with van der Waals surface area (Å²) in [4.78, 5) is 2.44. The Kier molecular flexibility index (Phi) is 6.02. The van der Waals surface area contributed by atoms with Crippen LogP contribution in [-0.4, -0.2) is 49.1 Å². The highest BCUT2D eigenvalue weighted by Gasteiger charge is 2.22. The van der Waals surface area contributed by atoms with Crippen LogP contribution in [0.25, 0.3) is 0 Å². The molecule has 2 atom stereocenters. The van der Waals surface area contributed by atoms with Crippen molar-refractivity contribution in [2.24, 2.45) is 5.92 Å². The van der Waals surface area contributed by atoms with Crippen molar-refractivity contribution in [3.63, 3.8) is 0 Å². The molecule has 0 bridgehead atoms. The SMILES string of the molecule is CSCC(C)NC(C)C1CCN(C)CC1. The van der Waals surface area contributed by atoms with Crippen molar-refractivity contribution < 1.29 is 0 Å². The minimum atomic E-state index is 0.648. The molecule has 0 aliphatic carbocycles. The molecule has 1 heterocycles. The lowest BCUT2D eigenvalue weighted by molar-refractivity contribution is 0.186. The predicted molar refractivity (Wildman–Crippen MR) is 70.7 cm³/mol. The van der Waals surface area contributed by atoms with Gasteiger partial charge in [0, 0.05) is 17.8 Å². The number of rotatable bonds is 5. The van der Waals surface area contributed by atoms with Gasteiger partial charge in [0.1, 0.15) is 0 Å². The van der Waals surface area contributed by atoms with Gasteiger partial charge in [0.2, 0.25) is 0 Å². The summed E-state index contributed by atoms with van der Waals surface area (Å²) in [5.74, 6) is 2.10. The lowest BCUT2D eigenvalue weighted by Crippen LogP contribution is -2.44. The van der Waals surface area contributed by atoms with Crippen molar-refractivity contribution in [2.45, 2.75) is 38.8 Å². The molecule has 0 spiro atoms. The molecule has 3 heteroatoms. The average Bonchev–Trinajstić information content (AvgIpc) is 2.18. The third-order valence-corrected chi connectivity index (χ3v) is 4.27. The molecule has 15 heavy (non-hydrogen) atoms. The van der Waals surface area contributed by atoms with Crippen LogP contribution in [0.2, 0.25) is 0 Å². The van der Waals surface area contributed by atoms with E-state index in [0.717, 1.165) is 5.92 Å². The predicted octanol–water partition coefficient (Wildman–Crippen LogP) is 2.06. The van der Waals surface area contributed by atoms with E-state index in [2.05, 4.69) is 37.4 Å². The smallest absolute Gasteiger partial charge is 0.0132 e. The molecule has 1 saturated heterocycles. The number of thioether (sulfide) groups is 1. The maximum absolute atomic E-state index is 3.73. The molecule has 0 aromatic rings. The van der Waals surface area contributed by atoms with E-state index in [0.29, 0.717) is 12.1 Å². The summed E-state index contributed by atoms with van der Waals surface area (Å²) >= 11 is 1.93. The number of nitrogens with zero attached hydrogens (tertiary/aromatic N) is 1. The van der Waals surface area contributed by atoms with Gasteiger partial charge in [-0.1, -0.05) is 0 Å². The van der Waals surface area contributed by atoms with Gasteiger partial charge in [-0.15, -0.1) is 0 Å². The molecule has 0 saturated carbocycles. The third kappa shape index (κ3) is 4.75. The zero-order valence-corrected chi connectivity index (χ0v) is 11.4.